The minimum atomic E-state index is 0.225. The minimum Gasteiger partial charge on any atom is -0.367 e. The van der Waals surface area contributed by atoms with Gasteiger partial charge in [0.15, 0.2) is 11.5 Å². The molecule has 0 fully saturated rings. The molecule has 0 bridgehead atoms. The van der Waals surface area contributed by atoms with Crippen LogP contribution >= 0.6 is 11.6 Å². The Balaban J connectivity index is 1.58. The lowest BCUT2D eigenvalue weighted by molar-refractivity contribution is 0.992. The second kappa shape index (κ2) is 9.07. The fourth-order valence-corrected chi connectivity index (χ4v) is 3.93. The number of aromatic nitrogens is 5. The summed E-state index contributed by atoms with van der Waals surface area (Å²) >= 11 is 6.48. The summed E-state index contributed by atoms with van der Waals surface area (Å²) in [4.78, 5) is 13.6. The van der Waals surface area contributed by atoms with Crippen LogP contribution in [-0.4, -0.2) is 31.7 Å². The van der Waals surface area contributed by atoms with Crippen LogP contribution < -0.4 is 5.32 Å². The Hall–Kier alpha value is -4.28. The Bertz CT molecular complexity index is 1460. The molecule has 0 saturated heterocycles. The average Bonchev–Trinajstić information content (AvgIpc) is 3.34. The van der Waals surface area contributed by atoms with Crippen molar-refractivity contribution in [2.24, 2.45) is 0 Å². The van der Waals surface area contributed by atoms with E-state index in [1.165, 1.54) is 0 Å². The van der Waals surface area contributed by atoms with Crippen LogP contribution in [0.3, 0.4) is 0 Å². The van der Waals surface area contributed by atoms with Gasteiger partial charge in [-0.15, -0.1) is 0 Å². The maximum Gasteiger partial charge on any atom is 0.183 e. The Morgan fingerprint density at radius 3 is 2.55 bits per heavy atom. The van der Waals surface area contributed by atoms with Crippen LogP contribution in [0.1, 0.15) is 11.3 Å². The molecule has 7 nitrogen and oxygen atoms in total. The van der Waals surface area contributed by atoms with Crippen molar-refractivity contribution in [3.05, 3.63) is 89.5 Å². The largest absolute Gasteiger partial charge is 0.367 e. The number of rotatable bonds is 6. The molecule has 3 heterocycles. The van der Waals surface area contributed by atoms with E-state index >= 15 is 0 Å². The van der Waals surface area contributed by atoms with Gasteiger partial charge in [-0.1, -0.05) is 41.9 Å². The monoisotopic (exact) mass is 451 g/mol. The van der Waals surface area contributed by atoms with Gasteiger partial charge in [0.05, 0.1) is 28.1 Å². The average molecular weight is 452 g/mol. The summed E-state index contributed by atoms with van der Waals surface area (Å²) in [5.41, 5.74) is 5.03. The molecule has 3 aromatic heterocycles. The molecule has 33 heavy (non-hydrogen) atoms. The summed E-state index contributed by atoms with van der Waals surface area (Å²) in [5.74, 6) is 0.449. The summed E-state index contributed by atoms with van der Waals surface area (Å²) in [6, 6.07) is 19.7. The van der Waals surface area contributed by atoms with E-state index in [9.17, 15) is 5.26 Å². The van der Waals surface area contributed by atoms with Gasteiger partial charge in [-0.3, -0.25) is 10.1 Å². The summed E-state index contributed by atoms with van der Waals surface area (Å²) in [6.07, 6.45) is 6.01. The zero-order valence-corrected chi connectivity index (χ0v) is 18.2. The number of fused-ring (bicyclic) bond motifs is 1. The number of hydrogen-bond acceptors (Lipinski definition) is 6. The number of hydrogen-bond donors (Lipinski definition) is 2. The highest BCUT2D eigenvalue weighted by molar-refractivity contribution is 6.35. The van der Waals surface area contributed by atoms with Gasteiger partial charge in [-0.25, -0.2) is 9.97 Å². The van der Waals surface area contributed by atoms with Gasteiger partial charge < -0.3 is 5.32 Å². The molecule has 8 heteroatoms. The number of pyridine rings is 1. The van der Waals surface area contributed by atoms with E-state index in [4.69, 9.17) is 21.6 Å². The Kier molecular flexibility index (Phi) is 5.66. The third-order valence-corrected chi connectivity index (χ3v) is 5.58. The van der Waals surface area contributed by atoms with Gasteiger partial charge in [0.1, 0.15) is 6.07 Å². The van der Waals surface area contributed by atoms with E-state index in [0.29, 0.717) is 28.8 Å². The van der Waals surface area contributed by atoms with E-state index in [2.05, 4.69) is 26.6 Å². The van der Waals surface area contributed by atoms with E-state index in [0.717, 1.165) is 34.0 Å². The molecule has 160 valence electrons. The van der Waals surface area contributed by atoms with Crippen molar-refractivity contribution >= 4 is 28.3 Å². The first-order valence-electron chi connectivity index (χ1n) is 10.4. The molecule has 0 aliphatic rings. The van der Waals surface area contributed by atoms with Crippen LogP contribution in [0.2, 0.25) is 5.02 Å². The topological polar surface area (TPSA) is 103 Å². The first-order chi connectivity index (χ1) is 16.2. The highest BCUT2D eigenvalue weighted by Gasteiger charge is 2.18. The zero-order valence-electron chi connectivity index (χ0n) is 17.5. The van der Waals surface area contributed by atoms with Crippen LogP contribution in [0.4, 0.5) is 5.82 Å². The highest BCUT2D eigenvalue weighted by Crippen LogP contribution is 2.35. The molecule has 0 aliphatic heterocycles. The fourth-order valence-electron chi connectivity index (χ4n) is 3.66. The van der Waals surface area contributed by atoms with Crippen molar-refractivity contribution < 1.29 is 0 Å². The number of nitriles is 1. The van der Waals surface area contributed by atoms with E-state index in [1.807, 2.05) is 54.6 Å². The molecular formula is C25H18ClN7. The zero-order chi connectivity index (χ0) is 22.6. The third kappa shape index (κ3) is 4.25. The molecule has 0 atom stereocenters. The highest BCUT2D eigenvalue weighted by atomic mass is 35.5. The van der Waals surface area contributed by atoms with Crippen molar-refractivity contribution in [3.63, 3.8) is 0 Å². The molecule has 0 saturated carbocycles. The van der Waals surface area contributed by atoms with Crippen molar-refractivity contribution in [3.8, 4) is 28.6 Å². The van der Waals surface area contributed by atoms with E-state index < -0.39 is 0 Å². The fraction of sp³-hybridized carbons (Fsp3) is 0.0800. The molecule has 0 unspecified atom stereocenters. The summed E-state index contributed by atoms with van der Waals surface area (Å²) < 4.78 is 0. The van der Waals surface area contributed by atoms with Gasteiger partial charge in [-0.05, 0) is 36.2 Å². The van der Waals surface area contributed by atoms with Crippen molar-refractivity contribution in [1.29, 1.82) is 5.26 Å². The first-order valence-corrected chi connectivity index (χ1v) is 10.7. The van der Waals surface area contributed by atoms with Crippen molar-refractivity contribution in [1.82, 2.24) is 25.1 Å². The number of nitrogens with one attached hydrogen (secondary N) is 2. The predicted octanol–water partition coefficient (Wildman–Crippen LogP) is 5.26. The molecule has 0 radical (unpaired) electrons. The Labute approximate surface area is 195 Å². The molecule has 0 aliphatic carbocycles. The van der Waals surface area contributed by atoms with Gasteiger partial charge >= 0.3 is 0 Å². The maximum absolute atomic E-state index is 9.82. The molecular weight excluding hydrogens is 434 g/mol. The second-order valence-electron chi connectivity index (χ2n) is 7.42. The van der Waals surface area contributed by atoms with Gasteiger partial charge in [0, 0.05) is 35.5 Å². The standard InChI is InChI=1S/C25H18ClN7/c26-20-13-18(12-19-15-30-33-22(19)20)24-23(17-4-2-1-3-5-17)32-25(21(14-27)31-24)29-11-8-16-6-9-28-10-7-16/h1-7,9-10,12-13,15H,8,11H2,(H,29,32)(H,30,33). The first kappa shape index (κ1) is 20.6. The van der Waals surface area contributed by atoms with Crippen molar-refractivity contribution in [2.75, 3.05) is 11.9 Å². The molecule has 2 N–H and O–H groups in total. The SMILES string of the molecule is N#Cc1nc(-c2cc(Cl)c3[nH]ncc3c2)c(-c2ccccc2)nc1NCCc1ccncc1. The summed E-state index contributed by atoms with van der Waals surface area (Å²) in [6.45, 7) is 0.605. The Morgan fingerprint density at radius 1 is 0.970 bits per heavy atom. The molecule has 5 rings (SSSR count). The van der Waals surface area contributed by atoms with E-state index in [1.54, 1.807) is 18.6 Å². The Morgan fingerprint density at radius 2 is 1.76 bits per heavy atom. The van der Waals surface area contributed by atoms with Crippen LogP contribution in [0, 0.1) is 11.3 Å². The number of benzene rings is 2. The number of H-pyrrole nitrogens is 1. The molecule has 2 aromatic carbocycles. The summed E-state index contributed by atoms with van der Waals surface area (Å²) in [7, 11) is 0. The molecule has 5 aromatic rings. The summed E-state index contributed by atoms with van der Waals surface area (Å²) in [5, 5.41) is 21.5. The number of aromatic amines is 1. The molecule has 0 spiro atoms. The van der Waals surface area contributed by atoms with Crippen LogP contribution in [0.5, 0.6) is 0 Å². The lowest BCUT2D eigenvalue weighted by Gasteiger charge is -2.14. The lowest BCUT2D eigenvalue weighted by atomic mass is 10.0. The number of nitrogens with zero attached hydrogens (tertiary/aromatic N) is 5. The minimum absolute atomic E-state index is 0.225. The lowest BCUT2D eigenvalue weighted by Crippen LogP contribution is -2.10. The number of anilines is 1. The number of halogens is 1. The predicted molar refractivity (Wildman–Crippen MR) is 129 cm³/mol. The van der Waals surface area contributed by atoms with Gasteiger partial charge in [0.25, 0.3) is 0 Å². The smallest absolute Gasteiger partial charge is 0.183 e. The second-order valence-corrected chi connectivity index (χ2v) is 7.83. The van der Waals surface area contributed by atoms with Crippen LogP contribution in [0.15, 0.2) is 73.2 Å². The van der Waals surface area contributed by atoms with Crippen LogP contribution in [-0.2, 0) is 6.42 Å². The van der Waals surface area contributed by atoms with E-state index in [-0.39, 0.29) is 5.69 Å². The van der Waals surface area contributed by atoms with Gasteiger partial charge in [-0.2, -0.15) is 10.4 Å². The van der Waals surface area contributed by atoms with Crippen LogP contribution in [0.25, 0.3) is 33.4 Å². The quantitative estimate of drug-likeness (QED) is 0.365. The normalized spacial score (nSPS) is 10.8. The molecule has 0 amide bonds. The maximum atomic E-state index is 9.82. The third-order valence-electron chi connectivity index (χ3n) is 5.28. The van der Waals surface area contributed by atoms with Gasteiger partial charge in [0.2, 0.25) is 0 Å². The van der Waals surface area contributed by atoms with Crippen molar-refractivity contribution in [2.45, 2.75) is 6.42 Å².